The van der Waals surface area contributed by atoms with Gasteiger partial charge in [0.15, 0.2) is 17.6 Å². The van der Waals surface area contributed by atoms with Gasteiger partial charge in [-0.25, -0.2) is 0 Å². The minimum absolute atomic E-state index is 0.0515. The highest BCUT2D eigenvalue weighted by Gasteiger charge is 2.52. The molecule has 251 valence electrons. The summed E-state index contributed by atoms with van der Waals surface area (Å²) in [5.74, 6) is 0. The van der Waals surface area contributed by atoms with Gasteiger partial charge in [-0.2, -0.15) is 0 Å². The summed E-state index contributed by atoms with van der Waals surface area (Å²) in [6.45, 7) is 53.7. The van der Waals surface area contributed by atoms with E-state index >= 15 is 0 Å². The van der Waals surface area contributed by atoms with Crippen LogP contribution in [0.25, 0.3) is 0 Å². The molecule has 0 N–H and O–H groups in total. The first-order valence-electron chi connectivity index (χ1n) is 17.4. The van der Waals surface area contributed by atoms with Crippen LogP contribution in [0, 0.1) is 0 Å². The van der Waals surface area contributed by atoms with Gasteiger partial charge in [0.25, 0.3) is 0 Å². The molecule has 0 fully saturated rings. The maximum absolute atomic E-state index is 2.61. The van der Waals surface area contributed by atoms with E-state index in [1.807, 2.05) is 0 Å². The van der Waals surface area contributed by atoms with Crippen molar-refractivity contribution in [2.24, 2.45) is 0 Å². The van der Waals surface area contributed by atoms with Crippen LogP contribution in [0.5, 0.6) is 0 Å². The lowest BCUT2D eigenvalue weighted by atomic mass is 9.72. The van der Waals surface area contributed by atoms with Gasteiger partial charge in [0.1, 0.15) is 5.16 Å². The van der Waals surface area contributed by atoms with Crippen molar-refractivity contribution >= 4 is 25.2 Å². The maximum Gasteiger partial charge on any atom is 0.179 e. The topological polar surface area (TPSA) is 0 Å². The van der Waals surface area contributed by atoms with Gasteiger partial charge in [0, 0.05) is 11.1 Å². The zero-order chi connectivity index (χ0) is 35.3. The fourth-order valence-electron chi connectivity index (χ4n) is 6.65. The molecule has 45 heavy (non-hydrogen) atoms. The lowest BCUT2D eigenvalue weighted by Gasteiger charge is -2.38. The largest absolute Gasteiger partial charge is 0.179 e. The lowest BCUT2D eigenvalue weighted by molar-refractivity contribution is 0.546. The summed E-state index contributed by atoms with van der Waals surface area (Å²) in [6, 6.07) is 10.4. The van der Waals surface area contributed by atoms with Gasteiger partial charge in [-0.1, -0.05) is 149 Å². The molecule has 1 radical (unpaired) electrons. The van der Waals surface area contributed by atoms with Crippen molar-refractivity contribution in [3.05, 3.63) is 68.8 Å². The molecule has 0 aromatic heterocycles. The van der Waals surface area contributed by atoms with Crippen LogP contribution in [0.3, 0.4) is 0 Å². The summed E-state index contributed by atoms with van der Waals surface area (Å²) in [7, 11) is -0.992. The third-order valence-corrected chi connectivity index (χ3v) is 16.8. The summed E-state index contributed by atoms with van der Waals surface area (Å²) in [4.78, 5) is 0. The Morgan fingerprint density at radius 3 is 0.889 bits per heavy atom. The fourth-order valence-corrected chi connectivity index (χ4v) is 15.1. The molecule has 2 atom stereocenters. The van der Waals surface area contributed by atoms with E-state index in [1.165, 1.54) is 11.1 Å². The van der Waals surface area contributed by atoms with Crippen LogP contribution in [-0.2, 0) is 32.5 Å². The molecule has 0 spiro atoms. The Morgan fingerprint density at radius 1 is 0.400 bits per heavy atom. The van der Waals surface area contributed by atoms with Gasteiger partial charge in [-0.15, -0.1) is 0 Å². The molecular weight excluding hydrogens is 578 g/mol. The summed E-state index contributed by atoms with van der Waals surface area (Å²) < 4.78 is 0. The van der Waals surface area contributed by atoms with Crippen LogP contribution in [0.2, 0.25) is 0 Å². The van der Waals surface area contributed by atoms with E-state index in [0.29, 0.717) is 0 Å². The molecule has 0 saturated carbocycles. The third kappa shape index (κ3) is 7.60. The highest BCUT2D eigenvalue weighted by molar-refractivity contribution is 8.13. The summed E-state index contributed by atoms with van der Waals surface area (Å²) in [6.07, 6.45) is 0. The van der Waals surface area contributed by atoms with Gasteiger partial charge in [-0.05, 0) is 101 Å². The van der Waals surface area contributed by atoms with E-state index in [4.69, 9.17) is 0 Å². The van der Waals surface area contributed by atoms with Crippen LogP contribution in [0.4, 0.5) is 0 Å². The van der Waals surface area contributed by atoms with Crippen molar-refractivity contribution in [3.63, 3.8) is 0 Å². The molecule has 1 aliphatic heterocycles. The van der Waals surface area contributed by atoms with E-state index in [0.717, 1.165) is 0 Å². The Morgan fingerprint density at radius 2 is 0.667 bits per heavy atom. The van der Waals surface area contributed by atoms with Crippen LogP contribution >= 0.6 is 15.1 Å². The molecule has 2 heteroatoms. The van der Waals surface area contributed by atoms with Crippen molar-refractivity contribution in [2.75, 3.05) is 6.66 Å². The van der Waals surface area contributed by atoms with E-state index in [2.05, 4.69) is 176 Å². The monoisotopic (exact) mass is 648 g/mol. The highest BCUT2D eigenvalue weighted by atomic mass is 31.2. The first-order chi connectivity index (χ1) is 19.7. The number of rotatable bonds is 2. The summed E-state index contributed by atoms with van der Waals surface area (Å²) in [5, 5.41) is 3.74. The average Bonchev–Trinajstić information content (AvgIpc) is 2.77. The molecule has 0 bridgehead atoms. The molecule has 2 unspecified atom stereocenters. The second-order valence-electron chi connectivity index (χ2n) is 21.1. The Kier molecular flexibility index (Phi) is 9.72. The molecule has 0 saturated heterocycles. The highest BCUT2D eigenvalue weighted by Crippen LogP contribution is 2.65. The van der Waals surface area contributed by atoms with E-state index in [9.17, 15) is 0 Å². The van der Waals surface area contributed by atoms with E-state index in [1.54, 1.807) is 43.4 Å². The maximum atomic E-state index is 2.61. The van der Waals surface area contributed by atoms with E-state index < -0.39 is 15.1 Å². The van der Waals surface area contributed by atoms with Crippen molar-refractivity contribution in [1.82, 2.24) is 0 Å². The van der Waals surface area contributed by atoms with Crippen LogP contribution in [-0.4, -0.2) is 21.9 Å². The molecule has 3 rings (SSSR count). The Labute approximate surface area is 282 Å². The Balaban J connectivity index is 2.65. The summed E-state index contributed by atoms with van der Waals surface area (Å²) >= 11 is 0. The first-order valence-corrected chi connectivity index (χ1v) is 20.5. The normalized spacial score (nSPS) is 17.6. The Hall–Kier alpha value is -1.22. The second kappa shape index (κ2) is 11.4. The van der Waals surface area contributed by atoms with Crippen molar-refractivity contribution < 1.29 is 0 Å². The van der Waals surface area contributed by atoms with Gasteiger partial charge < -0.3 is 0 Å². The number of benzene rings is 2. The predicted molar refractivity (Wildman–Crippen MR) is 213 cm³/mol. The average molecular weight is 649 g/mol. The smallest absolute Gasteiger partial charge is 0.0561 e. The van der Waals surface area contributed by atoms with Crippen LogP contribution < -0.4 is 0 Å². The third-order valence-electron chi connectivity index (χ3n) is 9.42. The molecule has 2 aromatic rings. The molecule has 1 aliphatic rings. The van der Waals surface area contributed by atoms with Gasteiger partial charge >= 0.3 is 0 Å². The molecule has 0 amide bonds. The lowest BCUT2D eigenvalue weighted by Crippen LogP contribution is -2.33. The number of hydrogen-bond acceptors (Lipinski definition) is 0. The molecule has 1 heterocycles. The second-order valence-corrected chi connectivity index (χ2v) is 26.7. The first kappa shape index (κ1) is 38.2. The van der Waals surface area contributed by atoms with Gasteiger partial charge in [0.05, 0.1) is 0 Å². The standard InChI is InChI=1S/C43H70P2/c1-37(2,3)27-23-29(39(7,8)9)33(30(24-27)40(10,11)12)35-44(22)36(45(35)43(19,20)21)34-31(41(13,14)15)25-28(38(4,5)6)26-32(34)42(16,17)18/h23-26H,1-22H3/q+1. The van der Waals surface area contributed by atoms with Crippen molar-refractivity contribution in [3.8, 4) is 0 Å². The SMILES string of the molecule is C[P]1=C(c2c(C(C)(C)C)cc(C(C)(C)C)cc2C(C)(C)C)[P+](C(C)(C)C)=C1c1c(C(C)(C)C)cc(C(C)(C)C)cc1C(C)(C)C. The van der Waals surface area contributed by atoms with Crippen molar-refractivity contribution in [1.29, 1.82) is 0 Å². The van der Waals surface area contributed by atoms with E-state index in [-0.39, 0.29) is 37.6 Å². The van der Waals surface area contributed by atoms with Crippen LogP contribution in [0.1, 0.15) is 190 Å². The molecule has 0 aliphatic carbocycles. The molecule has 0 nitrogen and oxygen atoms in total. The fraction of sp³-hybridized carbons (Fsp3) is 0.674. The molecule has 2 aromatic carbocycles. The Bertz CT molecular complexity index is 1470. The number of hydrogen-bond donors (Lipinski definition) is 0. The summed E-state index contributed by atoms with van der Waals surface area (Å²) in [5.41, 5.74) is 12.8. The van der Waals surface area contributed by atoms with Crippen LogP contribution in [0.15, 0.2) is 24.3 Å². The van der Waals surface area contributed by atoms with Gasteiger partial charge in [0.2, 0.25) is 0 Å². The zero-order valence-corrected chi connectivity index (χ0v) is 35.5. The van der Waals surface area contributed by atoms with Gasteiger partial charge in [-0.3, -0.25) is 0 Å². The predicted octanol–water partition coefficient (Wildman–Crippen LogP) is 13.5. The quantitative estimate of drug-likeness (QED) is 0.284. The zero-order valence-electron chi connectivity index (χ0n) is 33.7. The minimum Gasteiger partial charge on any atom is -0.0561 e. The molecular formula is C43H70P2+. The minimum atomic E-state index is -0.524. The van der Waals surface area contributed by atoms with Crippen molar-refractivity contribution in [2.45, 2.75) is 183 Å².